The third-order valence-electron chi connectivity index (χ3n) is 6.45. The van der Waals surface area contributed by atoms with E-state index in [-0.39, 0.29) is 24.2 Å². The first-order valence-electron chi connectivity index (χ1n) is 12.3. The van der Waals surface area contributed by atoms with Crippen LogP contribution in [0.4, 0.5) is 5.69 Å². The van der Waals surface area contributed by atoms with E-state index in [2.05, 4.69) is 20.7 Å². The summed E-state index contributed by atoms with van der Waals surface area (Å²) >= 11 is 0. The summed E-state index contributed by atoms with van der Waals surface area (Å²) in [6.45, 7) is 1.61. The molecule has 1 aliphatic rings. The highest BCUT2D eigenvalue weighted by Crippen LogP contribution is 2.31. The van der Waals surface area contributed by atoms with Gasteiger partial charge in [0.2, 0.25) is 11.7 Å². The van der Waals surface area contributed by atoms with Gasteiger partial charge < -0.3 is 19.9 Å². The Hall–Kier alpha value is -4.15. The molecule has 1 heterocycles. The molecule has 0 bridgehead atoms. The molecule has 1 saturated carbocycles. The van der Waals surface area contributed by atoms with E-state index in [1.807, 2.05) is 6.92 Å². The molecule has 1 atom stereocenters. The minimum Gasteiger partial charge on any atom is -0.508 e. The second-order valence-corrected chi connectivity index (χ2v) is 8.91. The highest BCUT2D eigenvalue weighted by molar-refractivity contribution is 6.00. The Kier molecular flexibility index (Phi) is 8.22. The zero-order chi connectivity index (χ0) is 26.4. The van der Waals surface area contributed by atoms with Gasteiger partial charge in [-0.25, -0.2) is 0 Å². The van der Waals surface area contributed by atoms with Crippen LogP contribution in [0.3, 0.4) is 0 Å². The zero-order valence-electron chi connectivity index (χ0n) is 21.3. The van der Waals surface area contributed by atoms with Gasteiger partial charge in [-0.2, -0.15) is 4.80 Å². The number of ether oxygens (including phenoxy) is 2. The lowest BCUT2D eigenvalue weighted by molar-refractivity contribution is -0.127. The fourth-order valence-corrected chi connectivity index (χ4v) is 4.59. The van der Waals surface area contributed by atoms with Gasteiger partial charge in [-0.15, -0.1) is 10.2 Å². The van der Waals surface area contributed by atoms with Crippen LogP contribution in [-0.2, 0) is 16.1 Å². The number of hydrogen-bond donors (Lipinski definition) is 2. The van der Waals surface area contributed by atoms with E-state index in [1.165, 1.54) is 28.9 Å². The van der Waals surface area contributed by atoms with E-state index in [0.717, 1.165) is 25.7 Å². The van der Waals surface area contributed by atoms with Crippen molar-refractivity contribution in [2.75, 3.05) is 19.1 Å². The molecule has 2 N–H and O–H groups in total. The minimum absolute atomic E-state index is 0.00373. The van der Waals surface area contributed by atoms with Crippen LogP contribution in [0.25, 0.3) is 11.4 Å². The summed E-state index contributed by atoms with van der Waals surface area (Å²) < 4.78 is 10.6. The van der Waals surface area contributed by atoms with E-state index in [1.54, 1.807) is 37.4 Å². The second kappa shape index (κ2) is 11.7. The number of rotatable bonds is 10. The number of methoxy groups -OCH3 is 2. The first-order chi connectivity index (χ1) is 17.9. The number of carbonyl (C=O) groups is 2. The Bertz CT molecular complexity index is 1240. The molecule has 37 heavy (non-hydrogen) atoms. The number of nitrogens with one attached hydrogen (secondary N) is 1. The summed E-state index contributed by atoms with van der Waals surface area (Å²) in [7, 11) is 3.08. The van der Waals surface area contributed by atoms with E-state index in [4.69, 9.17) is 9.47 Å². The van der Waals surface area contributed by atoms with Gasteiger partial charge >= 0.3 is 0 Å². The maximum Gasteiger partial charge on any atom is 0.251 e. The van der Waals surface area contributed by atoms with E-state index >= 15 is 0 Å². The molecule has 0 spiro atoms. The van der Waals surface area contributed by atoms with Crippen molar-refractivity contribution >= 4 is 17.5 Å². The van der Waals surface area contributed by atoms with Gasteiger partial charge in [0, 0.05) is 23.4 Å². The molecule has 2 amide bonds. The molecule has 11 nitrogen and oxygen atoms in total. The molecule has 0 saturated heterocycles. The zero-order valence-corrected chi connectivity index (χ0v) is 21.3. The molecular weight excluding hydrogens is 476 g/mol. The number of aromatic hydroxyl groups is 1. The van der Waals surface area contributed by atoms with Crippen molar-refractivity contribution in [3.05, 3.63) is 42.5 Å². The Morgan fingerprint density at radius 3 is 2.57 bits per heavy atom. The largest absolute Gasteiger partial charge is 0.508 e. The molecule has 0 unspecified atom stereocenters. The fourth-order valence-electron chi connectivity index (χ4n) is 4.59. The summed E-state index contributed by atoms with van der Waals surface area (Å²) in [4.78, 5) is 29.4. The van der Waals surface area contributed by atoms with E-state index in [9.17, 15) is 14.7 Å². The highest BCUT2D eigenvalue weighted by Gasteiger charge is 2.32. The summed E-state index contributed by atoms with van der Waals surface area (Å²) in [5, 5.41) is 25.6. The lowest BCUT2D eigenvalue weighted by Crippen LogP contribution is -2.52. The molecule has 3 aromatic rings. The van der Waals surface area contributed by atoms with Crippen molar-refractivity contribution in [1.29, 1.82) is 0 Å². The van der Waals surface area contributed by atoms with Gasteiger partial charge in [0.05, 0.1) is 14.2 Å². The molecular formula is C26H32N6O5. The van der Waals surface area contributed by atoms with Crippen LogP contribution >= 0.6 is 0 Å². The predicted octanol–water partition coefficient (Wildman–Crippen LogP) is 2.93. The first-order valence-corrected chi connectivity index (χ1v) is 12.3. The van der Waals surface area contributed by atoms with Gasteiger partial charge in [0.1, 0.15) is 18.3 Å². The van der Waals surface area contributed by atoms with Crippen LogP contribution in [0.1, 0.15) is 39.0 Å². The van der Waals surface area contributed by atoms with Crippen molar-refractivity contribution in [2.24, 2.45) is 0 Å². The molecule has 11 heteroatoms. The summed E-state index contributed by atoms with van der Waals surface area (Å²) in [5.41, 5.74) is 1.06. The number of nitrogens with zero attached hydrogens (tertiary/aromatic N) is 5. The number of phenolic OH excluding ortho intramolecular Hbond substituents is 1. The van der Waals surface area contributed by atoms with E-state index < -0.39 is 11.9 Å². The molecule has 4 rings (SSSR count). The van der Waals surface area contributed by atoms with Crippen LogP contribution in [-0.4, -0.2) is 63.4 Å². The van der Waals surface area contributed by atoms with Gasteiger partial charge in [0.25, 0.3) is 5.91 Å². The van der Waals surface area contributed by atoms with Crippen molar-refractivity contribution in [2.45, 2.75) is 57.7 Å². The van der Waals surface area contributed by atoms with Crippen LogP contribution in [0.15, 0.2) is 42.5 Å². The normalized spacial score (nSPS) is 14.2. The summed E-state index contributed by atoms with van der Waals surface area (Å²) in [6.07, 6.45) is 4.42. The number of carbonyl (C=O) groups excluding carboxylic acids is 2. The molecule has 196 valence electrons. The topological polar surface area (TPSA) is 132 Å². The van der Waals surface area contributed by atoms with Crippen molar-refractivity contribution in [3.8, 4) is 28.6 Å². The summed E-state index contributed by atoms with van der Waals surface area (Å²) in [6, 6.07) is 10.9. The molecule has 0 radical (unpaired) electrons. The van der Waals surface area contributed by atoms with Crippen molar-refractivity contribution in [3.63, 3.8) is 0 Å². The maximum atomic E-state index is 13.6. The van der Waals surface area contributed by atoms with Gasteiger partial charge in [-0.3, -0.25) is 14.5 Å². The lowest BCUT2D eigenvalue weighted by Gasteiger charge is -2.31. The third-order valence-corrected chi connectivity index (χ3v) is 6.45. The second-order valence-electron chi connectivity index (χ2n) is 8.91. The lowest BCUT2D eigenvalue weighted by atomic mass is 10.1. The monoisotopic (exact) mass is 508 g/mol. The van der Waals surface area contributed by atoms with E-state index in [0.29, 0.717) is 35.0 Å². The summed E-state index contributed by atoms with van der Waals surface area (Å²) in [5.74, 6) is 0.761. The standard InChI is InChI=1S/C26H32N6O5/c1-4-21(26(35)27-18-8-5-6-9-18)32(19-10-7-11-20(33)15-19)24(34)16-31-29-25(28-30-31)17-12-13-22(36-2)23(14-17)37-3/h7,10-15,18,21,33H,4-6,8-9,16H2,1-3H3,(H,27,35)/t21-/m1/s1. The van der Waals surface area contributed by atoms with Crippen LogP contribution < -0.4 is 19.7 Å². The average Bonchev–Trinajstić information content (AvgIpc) is 3.59. The first kappa shape index (κ1) is 25.9. The molecule has 2 aromatic carbocycles. The quantitative estimate of drug-likeness (QED) is 0.427. The number of phenols is 1. The Morgan fingerprint density at radius 2 is 1.89 bits per heavy atom. The number of hydrogen-bond acceptors (Lipinski definition) is 8. The van der Waals surface area contributed by atoms with Crippen LogP contribution in [0, 0.1) is 0 Å². The number of anilines is 1. The number of amides is 2. The van der Waals surface area contributed by atoms with Gasteiger partial charge in [-0.05, 0) is 54.8 Å². The number of aromatic nitrogens is 4. The average molecular weight is 509 g/mol. The Balaban J connectivity index is 1.58. The minimum atomic E-state index is -0.760. The Morgan fingerprint density at radius 1 is 1.14 bits per heavy atom. The SMILES string of the molecule is CC[C@H](C(=O)NC1CCCC1)N(C(=O)Cn1nnc(-c2ccc(OC)c(OC)c2)n1)c1cccc(O)c1. The highest BCUT2D eigenvalue weighted by atomic mass is 16.5. The molecule has 1 fully saturated rings. The predicted molar refractivity (Wildman–Crippen MR) is 136 cm³/mol. The smallest absolute Gasteiger partial charge is 0.251 e. The van der Waals surface area contributed by atoms with Crippen molar-refractivity contribution < 1.29 is 24.2 Å². The number of tetrazole rings is 1. The molecule has 1 aliphatic carbocycles. The van der Waals surface area contributed by atoms with Crippen LogP contribution in [0.5, 0.6) is 17.2 Å². The fraction of sp³-hybridized carbons (Fsp3) is 0.423. The third kappa shape index (κ3) is 5.99. The maximum absolute atomic E-state index is 13.6. The Labute approximate surface area is 215 Å². The van der Waals surface area contributed by atoms with Crippen LogP contribution in [0.2, 0.25) is 0 Å². The molecule has 1 aromatic heterocycles. The van der Waals surface area contributed by atoms with Gasteiger partial charge in [0.15, 0.2) is 11.5 Å². The van der Waals surface area contributed by atoms with Gasteiger partial charge in [-0.1, -0.05) is 25.8 Å². The van der Waals surface area contributed by atoms with Crippen molar-refractivity contribution in [1.82, 2.24) is 25.5 Å². The number of benzene rings is 2. The molecule has 0 aliphatic heterocycles.